The molecule has 0 aliphatic heterocycles. The van der Waals surface area contributed by atoms with Crippen molar-refractivity contribution >= 4 is 11.6 Å². The highest BCUT2D eigenvalue weighted by Crippen LogP contribution is 2.30. The third kappa shape index (κ3) is 3.23. The minimum absolute atomic E-state index is 0.310. The molecule has 0 radical (unpaired) electrons. The maximum atomic E-state index is 10.6. The lowest BCUT2D eigenvalue weighted by molar-refractivity contribution is 0.1000. The maximum Gasteiger partial charge on any atom is 0.0672 e. The van der Waals surface area contributed by atoms with E-state index in [0.717, 1.165) is 21.7 Å². The van der Waals surface area contributed by atoms with Crippen LogP contribution < -0.4 is 0 Å². The molecule has 106 valence electrons. The first kappa shape index (κ1) is 15.1. The molecule has 20 heavy (non-hydrogen) atoms. The van der Waals surface area contributed by atoms with Gasteiger partial charge < -0.3 is 5.11 Å². The quantitative estimate of drug-likeness (QED) is 0.876. The summed E-state index contributed by atoms with van der Waals surface area (Å²) in [6, 6.07) is 16.1. The Kier molecular flexibility index (Phi) is 4.52. The van der Waals surface area contributed by atoms with E-state index in [1.807, 2.05) is 43.3 Å². The van der Waals surface area contributed by atoms with Crippen molar-refractivity contribution in [2.24, 2.45) is 0 Å². The van der Waals surface area contributed by atoms with Crippen molar-refractivity contribution < 1.29 is 5.11 Å². The average molecular weight is 289 g/mol. The van der Waals surface area contributed by atoms with Crippen molar-refractivity contribution in [1.29, 1.82) is 0 Å². The Morgan fingerprint density at radius 1 is 1.10 bits per heavy atom. The molecule has 1 nitrogen and oxygen atoms in total. The highest BCUT2D eigenvalue weighted by Gasteiger charge is 2.30. The molecule has 0 saturated carbocycles. The van der Waals surface area contributed by atoms with E-state index in [0.29, 0.717) is 6.42 Å². The molecule has 0 amide bonds. The zero-order chi connectivity index (χ0) is 14.8. The van der Waals surface area contributed by atoms with Crippen LogP contribution in [0, 0.1) is 6.92 Å². The lowest BCUT2D eigenvalue weighted by atomic mass is 9.77. The fourth-order valence-electron chi connectivity index (χ4n) is 2.34. The number of hydrogen-bond donors (Lipinski definition) is 1. The fraction of sp³-hybridized carbons (Fsp3) is 0.333. The van der Waals surface area contributed by atoms with Gasteiger partial charge in [-0.1, -0.05) is 67.9 Å². The van der Waals surface area contributed by atoms with E-state index in [1.165, 1.54) is 0 Å². The van der Waals surface area contributed by atoms with E-state index in [9.17, 15) is 5.11 Å². The van der Waals surface area contributed by atoms with Gasteiger partial charge in [0.2, 0.25) is 0 Å². The second-order valence-electron chi connectivity index (χ2n) is 5.90. The zero-order valence-electron chi connectivity index (χ0n) is 12.2. The van der Waals surface area contributed by atoms with Crippen LogP contribution in [0.25, 0.3) is 0 Å². The average Bonchev–Trinajstić information content (AvgIpc) is 2.42. The lowest BCUT2D eigenvalue weighted by Gasteiger charge is -2.31. The predicted octanol–water partition coefficient (Wildman–Crippen LogP) is 4.53. The molecule has 0 heterocycles. The van der Waals surface area contributed by atoms with E-state index >= 15 is 0 Å². The first-order valence-corrected chi connectivity index (χ1v) is 7.27. The maximum absolute atomic E-state index is 10.6. The SMILES string of the molecule is Cc1ccc(CC(O)C(C)(C)c2ccccc2)c(Cl)c1. The Hall–Kier alpha value is -1.31. The van der Waals surface area contributed by atoms with Crippen molar-refractivity contribution in [2.75, 3.05) is 0 Å². The summed E-state index contributed by atoms with van der Waals surface area (Å²) < 4.78 is 0. The minimum Gasteiger partial charge on any atom is -0.392 e. The molecule has 2 rings (SSSR count). The van der Waals surface area contributed by atoms with Crippen LogP contribution >= 0.6 is 11.6 Å². The standard InChI is InChI=1S/C18H21ClO/c1-13-9-10-14(16(19)11-13)12-17(20)18(2,3)15-7-5-4-6-8-15/h4-11,17,20H,12H2,1-3H3. The van der Waals surface area contributed by atoms with Crippen LogP contribution in [0.15, 0.2) is 48.5 Å². The Morgan fingerprint density at radius 3 is 2.35 bits per heavy atom. The Balaban J connectivity index is 2.21. The Labute approximate surface area is 126 Å². The van der Waals surface area contributed by atoms with E-state index < -0.39 is 6.10 Å². The molecule has 0 spiro atoms. The number of aliphatic hydroxyl groups is 1. The van der Waals surface area contributed by atoms with Crippen LogP contribution in [-0.4, -0.2) is 11.2 Å². The molecular weight excluding hydrogens is 268 g/mol. The molecule has 0 fully saturated rings. The molecular formula is C18H21ClO. The van der Waals surface area contributed by atoms with E-state index in [1.54, 1.807) is 0 Å². The van der Waals surface area contributed by atoms with E-state index in [4.69, 9.17) is 11.6 Å². The van der Waals surface area contributed by atoms with E-state index in [2.05, 4.69) is 26.0 Å². The van der Waals surface area contributed by atoms with Gasteiger partial charge in [0.05, 0.1) is 6.10 Å². The van der Waals surface area contributed by atoms with Crippen molar-refractivity contribution in [1.82, 2.24) is 0 Å². The molecule has 2 aromatic rings. The van der Waals surface area contributed by atoms with Gasteiger partial charge in [0.15, 0.2) is 0 Å². The lowest BCUT2D eigenvalue weighted by Crippen LogP contribution is -2.35. The topological polar surface area (TPSA) is 20.2 Å². The van der Waals surface area contributed by atoms with Crippen molar-refractivity contribution in [3.8, 4) is 0 Å². The van der Waals surface area contributed by atoms with Crippen molar-refractivity contribution in [3.63, 3.8) is 0 Å². The van der Waals surface area contributed by atoms with Gasteiger partial charge in [-0.3, -0.25) is 0 Å². The molecule has 1 N–H and O–H groups in total. The molecule has 0 aliphatic rings. The van der Waals surface area contributed by atoms with Gasteiger partial charge in [-0.2, -0.15) is 0 Å². The number of halogens is 1. The normalized spacial score (nSPS) is 13.2. The number of aryl methyl sites for hydroxylation is 1. The largest absolute Gasteiger partial charge is 0.392 e. The summed E-state index contributed by atoms with van der Waals surface area (Å²) in [5.41, 5.74) is 2.95. The summed E-state index contributed by atoms with van der Waals surface area (Å²) in [5.74, 6) is 0. The van der Waals surface area contributed by atoms with Gasteiger partial charge in [0, 0.05) is 16.9 Å². The van der Waals surface area contributed by atoms with Crippen LogP contribution in [0.2, 0.25) is 5.02 Å². The highest BCUT2D eigenvalue weighted by molar-refractivity contribution is 6.31. The first-order chi connectivity index (χ1) is 9.41. The molecule has 0 aliphatic carbocycles. The van der Waals surface area contributed by atoms with Gasteiger partial charge in [-0.05, 0) is 29.7 Å². The van der Waals surface area contributed by atoms with Gasteiger partial charge in [0.1, 0.15) is 0 Å². The molecule has 1 unspecified atom stereocenters. The van der Waals surface area contributed by atoms with Crippen molar-refractivity contribution in [2.45, 2.75) is 38.7 Å². The third-order valence-electron chi connectivity index (χ3n) is 3.97. The van der Waals surface area contributed by atoms with Crippen molar-refractivity contribution in [3.05, 3.63) is 70.2 Å². The Bertz CT molecular complexity index is 575. The summed E-state index contributed by atoms with van der Waals surface area (Å²) in [6.07, 6.45) is 0.0752. The van der Waals surface area contributed by atoms with Gasteiger partial charge >= 0.3 is 0 Å². The molecule has 2 heteroatoms. The van der Waals surface area contributed by atoms with Crippen LogP contribution in [-0.2, 0) is 11.8 Å². The summed E-state index contributed by atoms with van der Waals surface area (Å²) in [7, 11) is 0. The third-order valence-corrected chi connectivity index (χ3v) is 4.32. The fourth-order valence-corrected chi connectivity index (χ4v) is 2.65. The van der Waals surface area contributed by atoms with Crippen LogP contribution in [0.1, 0.15) is 30.5 Å². The molecule has 0 bridgehead atoms. The molecule has 0 saturated heterocycles. The summed E-state index contributed by atoms with van der Waals surface area (Å²) in [4.78, 5) is 0. The van der Waals surface area contributed by atoms with E-state index in [-0.39, 0.29) is 5.41 Å². The summed E-state index contributed by atoms with van der Waals surface area (Å²) in [5, 5.41) is 11.3. The second-order valence-corrected chi connectivity index (χ2v) is 6.31. The van der Waals surface area contributed by atoms with Gasteiger partial charge in [0.25, 0.3) is 0 Å². The smallest absolute Gasteiger partial charge is 0.0672 e. The number of hydrogen-bond acceptors (Lipinski definition) is 1. The van der Waals surface area contributed by atoms with Gasteiger partial charge in [-0.15, -0.1) is 0 Å². The minimum atomic E-state index is -0.481. The van der Waals surface area contributed by atoms with Crippen LogP contribution in [0.4, 0.5) is 0 Å². The molecule has 2 aromatic carbocycles. The molecule has 0 aromatic heterocycles. The number of rotatable bonds is 4. The first-order valence-electron chi connectivity index (χ1n) is 6.90. The van der Waals surface area contributed by atoms with Gasteiger partial charge in [-0.25, -0.2) is 0 Å². The van der Waals surface area contributed by atoms with Crippen LogP contribution in [0.3, 0.4) is 0 Å². The van der Waals surface area contributed by atoms with Crippen LogP contribution in [0.5, 0.6) is 0 Å². The zero-order valence-corrected chi connectivity index (χ0v) is 13.0. The second kappa shape index (κ2) is 5.99. The number of benzene rings is 2. The predicted molar refractivity (Wildman–Crippen MR) is 85.4 cm³/mol. The Morgan fingerprint density at radius 2 is 1.75 bits per heavy atom. The summed E-state index contributed by atoms with van der Waals surface area (Å²) >= 11 is 6.26. The monoisotopic (exact) mass is 288 g/mol. The summed E-state index contributed by atoms with van der Waals surface area (Å²) in [6.45, 7) is 6.14. The molecule has 1 atom stereocenters. The highest BCUT2D eigenvalue weighted by atomic mass is 35.5. The number of aliphatic hydroxyl groups excluding tert-OH is 1.